The summed E-state index contributed by atoms with van der Waals surface area (Å²) in [5, 5.41) is 11.9. The van der Waals surface area contributed by atoms with Crippen molar-refractivity contribution < 1.29 is 9.47 Å². The fraction of sp³-hybridized carbons (Fsp3) is 0.571. The van der Waals surface area contributed by atoms with Gasteiger partial charge in [0.25, 0.3) is 0 Å². The molecular weight excluding hydrogens is 368 g/mol. The Balaban J connectivity index is 1.47. The molecule has 0 bridgehead atoms. The van der Waals surface area contributed by atoms with Gasteiger partial charge in [-0.15, -0.1) is 10.2 Å². The van der Waals surface area contributed by atoms with Crippen LogP contribution in [-0.4, -0.2) is 64.1 Å². The van der Waals surface area contributed by atoms with Crippen LogP contribution in [0.25, 0.3) is 0 Å². The summed E-state index contributed by atoms with van der Waals surface area (Å²) in [6, 6.07) is 10.3. The maximum atomic E-state index is 6.01. The molecule has 2 aliphatic rings. The number of hydrogen-bond donors (Lipinski definition) is 1. The summed E-state index contributed by atoms with van der Waals surface area (Å²) in [7, 11) is 1.98. The van der Waals surface area contributed by atoms with Crippen LogP contribution in [0.5, 0.6) is 0 Å². The second-order valence-electron chi connectivity index (χ2n) is 7.61. The van der Waals surface area contributed by atoms with Crippen LogP contribution in [0.4, 0.5) is 0 Å². The molecule has 0 amide bonds. The van der Waals surface area contributed by atoms with Crippen molar-refractivity contribution in [2.75, 3.05) is 26.3 Å². The molecule has 8 nitrogen and oxygen atoms in total. The first-order valence-corrected chi connectivity index (χ1v) is 10.4. The molecule has 2 aliphatic heterocycles. The van der Waals surface area contributed by atoms with Crippen LogP contribution in [0.1, 0.15) is 30.1 Å². The second kappa shape index (κ2) is 9.37. The van der Waals surface area contributed by atoms with E-state index in [0.29, 0.717) is 19.7 Å². The standard InChI is InChI=1S/C21H30N6O2/c1-16-24-25-20(26(16)2)14-23-21(22-13-17-7-4-3-5-8-17)27-10-12-29-19(15-27)18-9-6-11-28-18/h3-5,7-8,18-19H,6,9-15H2,1-2H3,(H,22,23). The van der Waals surface area contributed by atoms with E-state index in [-0.39, 0.29) is 12.2 Å². The number of aromatic nitrogens is 3. The normalized spacial score (nSPS) is 22.8. The van der Waals surface area contributed by atoms with Crippen LogP contribution in [-0.2, 0) is 29.6 Å². The molecule has 2 unspecified atom stereocenters. The third-order valence-corrected chi connectivity index (χ3v) is 5.61. The third-order valence-electron chi connectivity index (χ3n) is 5.61. The van der Waals surface area contributed by atoms with Crippen molar-refractivity contribution in [3.63, 3.8) is 0 Å². The van der Waals surface area contributed by atoms with E-state index < -0.39 is 0 Å². The van der Waals surface area contributed by atoms with Crippen molar-refractivity contribution in [1.29, 1.82) is 0 Å². The van der Waals surface area contributed by atoms with E-state index in [2.05, 4.69) is 32.5 Å². The quantitative estimate of drug-likeness (QED) is 0.610. The van der Waals surface area contributed by atoms with E-state index in [1.54, 1.807) is 0 Å². The molecule has 2 saturated heterocycles. The van der Waals surface area contributed by atoms with Crippen LogP contribution in [0.3, 0.4) is 0 Å². The van der Waals surface area contributed by atoms with E-state index in [4.69, 9.17) is 14.5 Å². The number of benzene rings is 1. The molecule has 1 aromatic carbocycles. The molecule has 29 heavy (non-hydrogen) atoms. The van der Waals surface area contributed by atoms with Crippen molar-refractivity contribution in [2.24, 2.45) is 12.0 Å². The van der Waals surface area contributed by atoms with Gasteiger partial charge in [-0.05, 0) is 25.3 Å². The van der Waals surface area contributed by atoms with Crippen LogP contribution in [0.2, 0.25) is 0 Å². The predicted molar refractivity (Wildman–Crippen MR) is 110 cm³/mol. The van der Waals surface area contributed by atoms with Crippen LogP contribution in [0, 0.1) is 6.92 Å². The number of aliphatic imine (C=N–C) groups is 1. The first-order valence-electron chi connectivity index (χ1n) is 10.4. The van der Waals surface area contributed by atoms with Crippen LogP contribution >= 0.6 is 0 Å². The Morgan fingerprint density at radius 3 is 2.72 bits per heavy atom. The van der Waals surface area contributed by atoms with Crippen LogP contribution in [0.15, 0.2) is 35.3 Å². The highest BCUT2D eigenvalue weighted by molar-refractivity contribution is 5.80. The van der Waals surface area contributed by atoms with E-state index >= 15 is 0 Å². The minimum atomic E-state index is 0.0899. The third kappa shape index (κ3) is 4.94. The zero-order valence-corrected chi connectivity index (χ0v) is 17.3. The second-order valence-corrected chi connectivity index (χ2v) is 7.61. The molecule has 1 N–H and O–H groups in total. The minimum Gasteiger partial charge on any atom is -0.375 e. The lowest BCUT2D eigenvalue weighted by atomic mass is 10.1. The van der Waals surface area contributed by atoms with Gasteiger partial charge in [0.1, 0.15) is 11.9 Å². The summed E-state index contributed by atoms with van der Waals surface area (Å²) < 4.78 is 13.9. The van der Waals surface area contributed by atoms with Gasteiger partial charge in [-0.3, -0.25) is 0 Å². The van der Waals surface area contributed by atoms with Gasteiger partial charge in [-0.1, -0.05) is 30.3 Å². The Hall–Kier alpha value is -2.45. The van der Waals surface area contributed by atoms with Crippen molar-refractivity contribution in [2.45, 2.75) is 45.1 Å². The fourth-order valence-electron chi connectivity index (χ4n) is 3.77. The van der Waals surface area contributed by atoms with Crippen molar-refractivity contribution >= 4 is 5.96 Å². The summed E-state index contributed by atoms with van der Waals surface area (Å²) in [4.78, 5) is 7.19. The SMILES string of the molecule is Cc1nnc(CNC(=NCc2ccccc2)N2CCOC(C3CCCO3)C2)n1C. The van der Waals surface area contributed by atoms with Gasteiger partial charge in [0.15, 0.2) is 11.8 Å². The van der Waals surface area contributed by atoms with Crippen LogP contribution < -0.4 is 5.32 Å². The number of nitrogens with one attached hydrogen (secondary N) is 1. The smallest absolute Gasteiger partial charge is 0.194 e. The number of aryl methyl sites for hydroxylation is 1. The van der Waals surface area contributed by atoms with Gasteiger partial charge in [-0.25, -0.2) is 4.99 Å². The zero-order valence-electron chi connectivity index (χ0n) is 17.3. The average Bonchev–Trinajstić information content (AvgIpc) is 3.41. The summed E-state index contributed by atoms with van der Waals surface area (Å²) in [5.74, 6) is 2.66. The lowest BCUT2D eigenvalue weighted by molar-refractivity contribution is -0.0817. The Morgan fingerprint density at radius 1 is 1.17 bits per heavy atom. The average molecular weight is 399 g/mol. The van der Waals surface area contributed by atoms with Gasteiger partial charge >= 0.3 is 0 Å². The number of rotatable bonds is 5. The van der Waals surface area contributed by atoms with Crippen molar-refractivity contribution in [3.8, 4) is 0 Å². The van der Waals surface area contributed by atoms with Crippen molar-refractivity contribution in [1.82, 2.24) is 25.0 Å². The maximum absolute atomic E-state index is 6.01. The molecule has 2 fully saturated rings. The molecule has 0 aliphatic carbocycles. The van der Waals surface area contributed by atoms with Crippen molar-refractivity contribution in [3.05, 3.63) is 47.5 Å². The number of nitrogens with zero attached hydrogens (tertiary/aromatic N) is 5. The molecule has 0 spiro atoms. The topological polar surface area (TPSA) is 76.8 Å². The number of morpholine rings is 1. The highest BCUT2D eigenvalue weighted by Gasteiger charge is 2.32. The molecule has 3 heterocycles. The van der Waals surface area contributed by atoms with E-state index in [1.165, 1.54) is 5.56 Å². The summed E-state index contributed by atoms with van der Waals surface area (Å²) in [6.45, 7) is 6.26. The monoisotopic (exact) mass is 398 g/mol. The van der Waals surface area contributed by atoms with E-state index in [1.807, 2.05) is 36.7 Å². The Labute approximate surface area is 171 Å². The fourth-order valence-corrected chi connectivity index (χ4v) is 3.77. The molecule has 156 valence electrons. The Morgan fingerprint density at radius 2 is 2.00 bits per heavy atom. The van der Waals surface area contributed by atoms with Gasteiger partial charge in [0.05, 0.1) is 25.8 Å². The molecule has 0 radical (unpaired) electrons. The first-order chi connectivity index (χ1) is 14.2. The number of guanidine groups is 1. The summed E-state index contributed by atoms with van der Waals surface area (Å²) in [5.41, 5.74) is 1.19. The van der Waals surface area contributed by atoms with Gasteiger partial charge in [0.2, 0.25) is 0 Å². The molecule has 4 rings (SSSR count). The summed E-state index contributed by atoms with van der Waals surface area (Å²) in [6.07, 6.45) is 2.46. The molecule has 0 saturated carbocycles. The molecule has 2 aromatic rings. The molecule has 8 heteroatoms. The van der Waals surface area contributed by atoms with E-state index in [0.717, 1.165) is 50.1 Å². The number of hydrogen-bond acceptors (Lipinski definition) is 5. The van der Waals surface area contributed by atoms with Gasteiger partial charge < -0.3 is 24.3 Å². The summed E-state index contributed by atoms with van der Waals surface area (Å²) >= 11 is 0. The lowest BCUT2D eigenvalue weighted by Crippen LogP contribution is -2.53. The minimum absolute atomic E-state index is 0.0899. The highest BCUT2D eigenvalue weighted by atomic mass is 16.5. The zero-order chi connectivity index (χ0) is 20.1. The number of ether oxygens (including phenoxy) is 2. The molecular formula is C21H30N6O2. The Kier molecular flexibility index (Phi) is 6.41. The van der Waals surface area contributed by atoms with E-state index in [9.17, 15) is 0 Å². The molecule has 2 atom stereocenters. The predicted octanol–water partition coefficient (Wildman–Crippen LogP) is 1.65. The lowest BCUT2D eigenvalue weighted by Gasteiger charge is -2.37. The maximum Gasteiger partial charge on any atom is 0.194 e. The highest BCUT2D eigenvalue weighted by Crippen LogP contribution is 2.21. The van der Waals surface area contributed by atoms with Gasteiger partial charge in [0, 0.05) is 26.7 Å². The largest absolute Gasteiger partial charge is 0.375 e. The Bertz CT molecular complexity index is 816. The first kappa shape index (κ1) is 19.8. The van der Waals surface area contributed by atoms with Gasteiger partial charge in [-0.2, -0.15) is 0 Å². The molecule has 1 aromatic heterocycles.